The molecule has 0 aromatic heterocycles. The molecule has 4 unspecified atom stereocenters. The first-order chi connectivity index (χ1) is 9.05. The number of rotatable bonds is 5. The zero-order chi connectivity index (χ0) is 14.0. The van der Waals surface area contributed by atoms with Gasteiger partial charge in [0.2, 0.25) is 5.91 Å². The first-order valence-corrected chi connectivity index (χ1v) is 8.97. The third-order valence-corrected chi connectivity index (χ3v) is 5.98. The van der Waals surface area contributed by atoms with E-state index in [1.807, 2.05) is 11.8 Å². The first-order valence-electron chi connectivity index (χ1n) is 7.69. The van der Waals surface area contributed by atoms with Crippen LogP contribution in [0.4, 0.5) is 0 Å². The molecule has 0 aromatic carbocycles. The van der Waals surface area contributed by atoms with Crippen LogP contribution in [-0.2, 0) is 4.79 Å². The lowest BCUT2D eigenvalue weighted by Crippen LogP contribution is -2.44. The molecule has 1 saturated carbocycles. The summed E-state index contributed by atoms with van der Waals surface area (Å²) in [6, 6.07) is 0.461. The molecule has 110 valence electrons. The highest BCUT2D eigenvalue weighted by Gasteiger charge is 2.49. The monoisotopic (exact) mass is 284 g/mol. The zero-order valence-electron chi connectivity index (χ0n) is 12.7. The highest BCUT2D eigenvalue weighted by molar-refractivity contribution is 7.99. The summed E-state index contributed by atoms with van der Waals surface area (Å²) in [4.78, 5) is 15.0. The van der Waals surface area contributed by atoms with E-state index in [2.05, 4.69) is 37.2 Å². The molecule has 0 bridgehead atoms. The van der Waals surface area contributed by atoms with Crippen molar-refractivity contribution in [3.63, 3.8) is 0 Å². The molecule has 0 radical (unpaired) electrons. The summed E-state index contributed by atoms with van der Waals surface area (Å²) in [5, 5.41) is 4.34. The molecule has 19 heavy (non-hydrogen) atoms. The quantitative estimate of drug-likeness (QED) is 0.842. The Labute approximate surface area is 121 Å². The Kier molecular flexibility index (Phi) is 4.83. The minimum atomic E-state index is -0.336. The number of thioether (sulfide) groups is 1. The highest BCUT2D eigenvalue weighted by Crippen LogP contribution is 2.36. The summed E-state index contributed by atoms with van der Waals surface area (Å²) < 4.78 is 0. The van der Waals surface area contributed by atoms with Crippen molar-refractivity contribution in [2.45, 2.75) is 82.3 Å². The van der Waals surface area contributed by atoms with E-state index in [4.69, 9.17) is 0 Å². The van der Waals surface area contributed by atoms with E-state index in [-0.39, 0.29) is 11.7 Å². The fourth-order valence-corrected chi connectivity index (χ4v) is 4.25. The summed E-state index contributed by atoms with van der Waals surface area (Å²) in [7, 11) is 0. The van der Waals surface area contributed by atoms with E-state index < -0.39 is 0 Å². The van der Waals surface area contributed by atoms with Gasteiger partial charge in [-0.05, 0) is 45.3 Å². The molecule has 1 N–H and O–H groups in total. The maximum atomic E-state index is 12.8. The second kappa shape index (κ2) is 6.04. The van der Waals surface area contributed by atoms with Gasteiger partial charge in [0, 0.05) is 11.3 Å². The minimum absolute atomic E-state index is 0.257. The SMILES string of the molecule is CCCC1NC(C)(CC)C(=O)N1C1CCC(SC)C1. The minimum Gasteiger partial charge on any atom is -0.323 e. The molecule has 1 heterocycles. The van der Waals surface area contributed by atoms with Crippen molar-refractivity contribution in [2.75, 3.05) is 6.26 Å². The van der Waals surface area contributed by atoms with E-state index in [0.29, 0.717) is 11.9 Å². The molecule has 1 aliphatic carbocycles. The van der Waals surface area contributed by atoms with Crippen LogP contribution in [0.1, 0.15) is 59.3 Å². The van der Waals surface area contributed by atoms with Gasteiger partial charge in [-0.2, -0.15) is 11.8 Å². The third-order valence-electron chi connectivity index (χ3n) is 4.88. The Morgan fingerprint density at radius 2 is 2.16 bits per heavy atom. The van der Waals surface area contributed by atoms with Crippen LogP contribution in [0.25, 0.3) is 0 Å². The molecule has 1 aliphatic heterocycles. The van der Waals surface area contributed by atoms with Crippen LogP contribution >= 0.6 is 11.8 Å². The Hall–Kier alpha value is -0.220. The fraction of sp³-hybridized carbons (Fsp3) is 0.933. The fourth-order valence-electron chi connectivity index (χ4n) is 3.47. The van der Waals surface area contributed by atoms with Gasteiger partial charge in [0.05, 0.1) is 11.7 Å². The largest absolute Gasteiger partial charge is 0.323 e. The van der Waals surface area contributed by atoms with Gasteiger partial charge in [0.25, 0.3) is 0 Å². The molecule has 2 rings (SSSR count). The number of hydrogen-bond acceptors (Lipinski definition) is 3. The van der Waals surface area contributed by atoms with Crippen molar-refractivity contribution in [1.82, 2.24) is 10.2 Å². The number of carbonyl (C=O) groups is 1. The lowest BCUT2D eigenvalue weighted by Gasteiger charge is -2.30. The van der Waals surface area contributed by atoms with E-state index in [1.165, 1.54) is 19.3 Å². The Balaban J connectivity index is 2.14. The van der Waals surface area contributed by atoms with Gasteiger partial charge in [-0.25, -0.2) is 0 Å². The number of amides is 1. The number of nitrogens with one attached hydrogen (secondary N) is 1. The van der Waals surface area contributed by atoms with Gasteiger partial charge >= 0.3 is 0 Å². The first kappa shape index (κ1) is 15.2. The highest BCUT2D eigenvalue weighted by atomic mass is 32.2. The molecule has 2 fully saturated rings. The summed E-state index contributed by atoms with van der Waals surface area (Å²) in [6.45, 7) is 6.38. The van der Waals surface area contributed by atoms with E-state index in [0.717, 1.165) is 24.5 Å². The van der Waals surface area contributed by atoms with Gasteiger partial charge in [-0.3, -0.25) is 10.1 Å². The summed E-state index contributed by atoms with van der Waals surface area (Å²) in [5.41, 5.74) is -0.336. The lowest BCUT2D eigenvalue weighted by molar-refractivity contribution is -0.135. The van der Waals surface area contributed by atoms with Crippen LogP contribution in [-0.4, -0.2) is 40.1 Å². The normalized spacial score (nSPS) is 39.3. The summed E-state index contributed by atoms with van der Waals surface area (Å²) >= 11 is 1.96. The molecule has 1 saturated heterocycles. The standard InChI is InChI=1S/C15H28N2OS/c1-5-7-13-16-15(3,6-2)14(18)17(13)11-8-9-12(10-11)19-4/h11-13,16H,5-10H2,1-4H3. The predicted molar refractivity (Wildman–Crippen MR) is 82.3 cm³/mol. The molecular weight excluding hydrogens is 256 g/mol. The predicted octanol–water partition coefficient (Wildman–Crippen LogP) is 3.00. The lowest BCUT2D eigenvalue weighted by atomic mass is 9.99. The second-order valence-corrected chi connectivity index (χ2v) is 7.31. The summed E-state index contributed by atoms with van der Waals surface area (Å²) in [6.07, 6.45) is 9.14. The maximum absolute atomic E-state index is 12.8. The molecule has 4 atom stereocenters. The van der Waals surface area contributed by atoms with Crippen molar-refractivity contribution >= 4 is 17.7 Å². The van der Waals surface area contributed by atoms with Gasteiger partial charge in [0.1, 0.15) is 0 Å². The Morgan fingerprint density at radius 3 is 2.68 bits per heavy atom. The number of nitrogens with zero attached hydrogens (tertiary/aromatic N) is 1. The Bertz CT molecular complexity index is 336. The van der Waals surface area contributed by atoms with Crippen molar-refractivity contribution in [1.29, 1.82) is 0 Å². The molecule has 2 aliphatic rings. The molecule has 0 spiro atoms. The molecular formula is C15H28N2OS. The van der Waals surface area contributed by atoms with Crippen molar-refractivity contribution in [3.05, 3.63) is 0 Å². The second-order valence-electron chi connectivity index (χ2n) is 6.17. The zero-order valence-corrected chi connectivity index (χ0v) is 13.6. The molecule has 4 heteroatoms. The topological polar surface area (TPSA) is 32.3 Å². The average molecular weight is 284 g/mol. The molecule has 3 nitrogen and oxygen atoms in total. The van der Waals surface area contributed by atoms with Gasteiger partial charge in [-0.15, -0.1) is 0 Å². The van der Waals surface area contributed by atoms with Crippen LogP contribution in [0.3, 0.4) is 0 Å². The van der Waals surface area contributed by atoms with Crippen LogP contribution in [0.15, 0.2) is 0 Å². The van der Waals surface area contributed by atoms with E-state index in [9.17, 15) is 4.79 Å². The molecule has 1 amide bonds. The number of hydrogen-bond donors (Lipinski definition) is 1. The maximum Gasteiger partial charge on any atom is 0.244 e. The van der Waals surface area contributed by atoms with Crippen LogP contribution in [0, 0.1) is 0 Å². The Morgan fingerprint density at radius 1 is 1.42 bits per heavy atom. The van der Waals surface area contributed by atoms with Crippen molar-refractivity contribution in [2.24, 2.45) is 0 Å². The van der Waals surface area contributed by atoms with Gasteiger partial charge in [-0.1, -0.05) is 20.3 Å². The van der Waals surface area contributed by atoms with Crippen LogP contribution in [0.2, 0.25) is 0 Å². The smallest absolute Gasteiger partial charge is 0.244 e. The summed E-state index contributed by atoms with van der Waals surface area (Å²) in [5.74, 6) is 0.334. The van der Waals surface area contributed by atoms with E-state index in [1.54, 1.807) is 0 Å². The van der Waals surface area contributed by atoms with E-state index >= 15 is 0 Å². The third kappa shape index (κ3) is 2.80. The molecule has 0 aromatic rings. The van der Waals surface area contributed by atoms with Crippen LogP contribution in [0.5, 0.6) is 0 Å². The van der Waals surface area contributed by atoms with Crippen molar-refractivity contribution in [3.8, 4) is 0 Å². The average Bonchev–Trinajstić information content (AvgIpc) is 2.95. The van der Waals surface area contributed by atoms with Crippen LogP contribution < -0.4 is 5.32 Å². The van der Waals surface area contributed by atoms with Gasteiger partial charge in [0.15, 0.2) is 0 Å². The van der Waals surface area contributed by atoms with Crippen molar-refractivity contribution < 1.29 is 4.79 Å². The number of carbonyl (C=O) groups excluding carboxylic acids is 1. The van der Waals surface area contributed by atoms with Gasteiger partial charge < -0.3 is 4.90 Å².